The first-order chi connectivity index (χ1) is 14.0. The number of nitrogens with one attached hydrogen (secondary N) is 1. The SMILES string of the molecule is CC(C)(C)c1nc2cc(NC(=O)c3ccc4c(c3)CCCN4S(C)(=O)=O)ccc2o1. The van der Waals surface area contributed by atoms with Crippen LogP contribution in [0.5, 0.6) is 0 Å². The Morgan fingerprint density at radius 1 is 1.17 bits per heavy atom. The Morgan fingerprint density at radius 3 is 2.63 bits per heavy atom. The first-order valence-corrected chi connectivity index (χ1v) is 11.7. The second kappa shape index (κ2) is 7.12. The van der Waals surface area contributed by atoms with Crippen molar-refractivity contribution in [3.05, 3.63) is 53.4 Å². The number of anilines is 2. The van der Waals surface area contributed by atoms with E-state index in [1.807, 2.05) is 20.8 Å². The summed E-state index contributed by atoms with van der Waals surface area (Å²) in [4.78, 5) is 17.3. The predicted molar refractivity (Wildman–Crippen MR) is 118 cm³/mol. The molecule has 3 aromatic rings. The molecule has 1 amide bonds. The van der Waals surface area contributed by atoms with Crippen LogP contribution in [0.2, 0.25) is 0 Å². The van der Waals surface area contributed by atoms with Gasteiger partial charge in [-0.15, -0.1) is 0 Å². The normalized spacial score (nSPS) is 14.6. The summed E-state index contributed by atoms with van der Waals surface area (Å²) in [6.45, 7) is 6.55. The molecular formula is C22H25N3O4S. The highest BCUT2D eigenvalue weighted by Gasteiger charge is 2.25. The van der Waals surface area contributed by atoms with Crippen molar-refractivity contribution < 1.29 is 17.6 Å². The van der Waals surface area contributed by atoms with Crippen molar-refractivity contribution in [1.29, 1.82) is 0 Å². The fourth-order valence-electron chi connectivity index (χ4n) is 3.58. The Balaban J connectivity index is 1.58. The largest absolute Gasteiger partial charge is 0.440 e. The second-order valence-electron chi connectivity index (χ2n) is 8.69. The molecule has 4 rings (SSSR count). The number of sulfonamides is 1. The minimum absolute atomic E-state index is 0.203. The van der Waals surface area contributed by atoms with E-state index >= 15 is 0 Å². The number of rotatable bonds is 3. The first-order valence-electron chi connectivity index (χ1n) is 9.85. The van der Waals surface area contributed by atoms with Gasteiger partial charge in [0.1, 0.15) is 5.52 Å². The molecule has 1 aromatic heterocycles. The summed E-state index contributed by atoms with van der Waals surface area (Å²) < 4.78 is 31.2. The third-order valence-electron chi connectivity index (χ3n) is 5.11. The lowest BCUT2D eigenvalue weighted by molar-refractivity contribution is 0.102. The fraction of sp³-hybridized carbons (Fsp3) is 0.364. The van der Waals surface area contributed by atoms with E-state index in [4.69, 9.17) is 4.42 Å². The molecule has 0 radical (unpaired) electrons. The lowest BCUT2D eigenvalue weighted by atomic mass is 9.97. The van der Waals surface area contributed by atoms with Gasteiger partial charge in [-0.2, -0.15) is 0 Å². The molecule has 0 fully saturated rings. The Bertz CT molecular complexity index is 1240. The molecule has 8 heteroatoms. The van der Waals surface area contributed by atoms with Gasteiger partial charge in [-0.05, 0) is 54.8 Å². The molecule has 0 bridgehead atoms. The number of benzene rings is 2. The fourth-order valence-corrected chi connectivity index (χ4v) is 4.57. The maximum Gasteiger partial charge on any atom is 0.255 e. The summed E-state index contributed by atoms with van der Waals surface area (Å²) in [5.41, 5.74) is 3.78. The van der Waals surface area contributed by atoms with Gasteiger partial charge < -0.3 is 9.73 Å². The standard InChI is InChI=1S/C22H25N3O4S/c1-22(2,3)21-24-17-13-16(8-10-19(17)29-21)23-20(26)15-7-9-18-14(12-15)6-5-11-25(18)30(4,27)28/h7-10,12-13H,5-6,11H2,1-4H3,(H,23,26). The number of nitrogens with zero attached hydrogens (tertiary/aromatic N) is 2. The molecular weight excluding hydrogens is 402 g/mol. The minimum atomic E-state index is -3.33. The zero-order valence-corrected chi connectivity index (χ0v) is 18.3. The number of hydrogen-bond donors (Lipinski definition) is 1. The van der Waals surface area contributed by atoms with Crippen molar-refractivity contribution in [2.45, 2.75) is 39.0 Å². The van der Waals surface area contributed by atoms with Crippen LogP contribution in [0.25, 0.3) is 11.1 Å². The molecule has 2 aromatic carbocycles. The van der Waals surface area contributed by atoms with Gasteiger partial charge in [-0.3, -0.25) is 9.10 Å². The van der Waals surface area contributed by atoms with Crippen molar-refractivity contribution >= 4 is 38.4 Å². The quantitative estimate of drug-likeness (QED) is 0.680. The van der Waals surface area contributed by atoms with Crippen molar-refractivity contribution in [3.8, 4) is 0 Å². The molecule has 0 saturated heterocycles. The smallest absolute Gasteiger partial charge is 0.255 e. The lowest BCUT2D eigenvalue weighted by Crippen LogP contribution is -2.34. The van der Waals surface area contributed by atoms with E-state index in [2.05, 4.69) is 10.3 Å². The van der Waals surface area contributed by atoms with Crippen molar-refractivity contribution in [2.75, 3.05) is 22.4 Å². The Hall–Kier alpha value is -2.87. The molecule has 158 valence electrons. The molecule has 30 heavy (non-hydrogen) atoms. The van der Waals surface area contributed by atoms with Crippen LogP contribution in [-0.4, -0.2) is 32.1 Å². The lowest BCUT2D eigenvalue weighted by Gasteiger charge is -2.29. The number of aryl methyl sites for hydroxylation is 1. The van der Waals surface area contributed by atoms with Crippen LogP contribution in [0.3, 0.4) is 0 Å². The number of aromatic nitrogens is 1. The number of amides is 1. The van der Waals surface area contributed by atoms with Gasteiger partial charge in [0.2, 0.25) is 15.9 Å². The summed E-state index contributed by atoms with van der Waals surface area (Å²) in [6.07, 6.45) is 2.67. The number of carbonyl (C=O) groups excluding carboxylic acids is 1. The van der Waals surface area contributed by atoms with Crippen LogP contribution in [-0.2, 0) is 21.9 Å². The van der Waals surface area contributed by atoms with Gasteiger partial charge in [-0.1, -0.05) is 20.8 Å². The van der Waals surface area contributed by atoms with Crippen LogP contribution in [0, 0.1) is 0 Å². The van der Waals surface area contributed by atoms with Gasteiger partial charge in [0.05, 0.1) is 11.9 Å². The molecule has 0 unspecified atom stereocenters. The highest BCUT2D eigenvalue weighted by Crippen LogP contribution is 2.31. The monoisotopic (exact) mass is 427 g/mol. The highest BCUT2D eigenvalue weighted by molar-refractivity contribution is 7.92. The van der Waals surface area contributed by atoms with E-state index in [1.165, 1.54) is 10.6 Å². The third-order valence-corrected chi connectivity index (χ3v) is 6.28. The maximum absolute atomic E-state index is 12.8. The molecule has 1 aliphatic rings. The van der Waals surface area contributed by atoms with E-state index in [0.717, 1.165) is 18.4 Å². The first kappa shape index (κ1) is 20.4. The average Bonchev–Trinajstić information content (AvgIpc) is 3.10. The van der Waals surface area contributed by atoms with Crippen LogP contribution >= 0.6 is 0 Å². The molecule has 7 nitrogen and oxygen atoms in total. The minimum Gasteiger partial charge on any atom is -0.440 e. The van der Waals surface area contributed by atoms with Gasteiger partial charge in [0.15, 0.2) is 5.58 Å². The van der Waals surface area contributed by atoms with Crippen molar-refractivity contribution in [1.82, 2.24) is 4.98 Å². The zero-order chi connectivity index (χ0) is 21.7. The van der Waals surface area contributed by atoms with Crippen molar-refractivity contribution in [3.63, 3.8) is 0 Å². The number of hydrogen-bond acceptors (Lipinski definition) is 5. The van der Waals surface area contributed by atoms with E-state index in [0.29, 0.717) is 40.5 Å². The average molecular weight is 428 g/mol. The molecule has 1 aliphatic heterocycles. The summed E-state index contributed by atoms with van der Waals surface area (Å²) >= 11 is 0. The topological polar surface area (TPSA) is 92.5 Å². The second-order valence-corrected chi connectivity index (χ2v) is 10.6. The van der Waals surface area contributed by atoms with Gasteiger partial charge >= 0.3 is 0 Å². The Labute approximate surface area is 176 Å². The van der Waals surface area contributed by atoms with Crippen molar-refractivity contribution in [2.24, 2.45) is 0 Å². The molecule has 0 spiro atoms. The van der Waals surface area contributed by atoms with Crippen LogP contribution in [0.4, 0.5) is 11.4 Å². The third kappa shape index (κ3) is 3.92. The van der Waals surface area contributed by atoms with E-state index in [1.54, 1.807) is 36.4 Å². The molecule has 0 saturated carbocycles. The number of fused-ring (bicyclic) bond motifs is 2. The summed E-state index contributed by atoms with van der Waals surface area (Å²) in [5.74, 6) is 0.388. The van der Waals surface area contributed by atoms with Gasteiger partial charge in [-0.25, -0.2) is 13.4 Å². The van der Waals surface area contributed by atoms with E-state index in [-0.39, 0.29) is 11.3 Å². The predicted octanol–water partition coefficient (Wildman–Crippen LogP) is 4.09. The Kier molecular flexibility index (Phi) is 4.85. The molecule has 2 heterocycles. The Morgan fingerprint density at radius 2 is 1.93 bits per heavy atom. The number of oxazole rings is 1. The molecule has 0 aliphatic carbocycles. The van der Waals surface area contributed by atoms with E-state index in [9.17, 15) is 13.2 Å². The van der Waals surface area contributed by atoms with Crippen LogP contribution in [0.15, 0.2) is 40.8 Å². The molecule has 1 N–H and O–H groups in total. The molecule has 0 atom stereocenters. The van der Waals surface area contributed by atoms with Gasteiger partial charge in [0.25, 0.3) is 5.91 Å². The summed E-state index contributed by atoms with van der Waals surface area (Å²) in [5, 5.41) is 2.89. The maximum atomic E-state index is 12.8. The zero-order valence-electron chi connectivity index (χ0n) is 17.5. The summed E-state index contributed by atoms with van der Waals surface area (Å²) in [6, 6.07) is 10.5. The highest BCUT2D eigenvalue weighted by atomic mass is 32.2. The van der Waals surface area contributed by atoms with E-state index < -0.39 is 10.0 Å². The van der Waals surface area contributed by atoms with Crippen LogP contribution < -0.4 is 9.62 Å². The van der Waals surface area contributed by atoms with Crippen LogP contribution in [0.1, 0.15) is 49.0 Å². The van der Waals surface area contributed by atoms with Gasteiger partial charge in [0, 0.05) is 23.2 Å². The summed E-state index contributed by atoms with van der Waals surface area (Å²) in [7, 11) is -3.33. The number of carbonyl (C=O) groups is 1.